The van der Waals surface area contributed by atoms with Gasteiger partial charge in [0.1, 0.15) is 11.8 Å². The second-order valence-electron chi connectivity index (χ2n) is 6.96. The standard InChI is InChI=1S/C24H26ClN3O4/c1-17-20(24(25)28(27-17)16-18-7-5-4-6-8-18)10-12-23(29)26-19-9-11-21(31-3)22(15-19)32-14-13-30-2/h4-12,15H,13-14,16H2,1-3H3,(H,26,29)/b12-10+. The smallest absolute Gasteiger partial charge is 0.248 e. The number of benzene rings is 2. The number of anilines is 1. The number of hydrogen-bond donors (Lipinski definition) is 1. The Bertz CT molecular complexity index is 1080. The van der Waals surface area contributed by atoms with Crippen molar-refractivity contribution < 1.29 is 19.0 Å². The number of rotatable bonds is 10. The fourth-order valence-electron chi connectivity index (χ4n) is 3.06. The monoisotopic (exact) mass is 455 g/mol. The Labute approximate surface area is 192 Å². The molecule has 0 aliphatic carbocycles. The van der Waals surface area contributed by atoms with Crippen molar-refractivity contribution in [3.05, 3.63) is 76.6 Å². The number of aromatic nitrogens is 2. The second-order valence-corrected chi connectivity index (χ2v) is 7.32. The van der Waals surface area contributed by atoms with Gasteiger partial charge in [0.15, 0.2) is 11.5 Å². The number of nitrogens with one attached hydrogen (secondary N) is 1. The Kier molecular flexibility index (Phi) is 8.30. The molecular formula is C24H26ClN3O4. The highest BCUT2D eigenvalue weighted by atomic mass is 35.5. The highest BCUT2D eigenvalue weighted by molar-refractivity contribution is 6.31. The zero-order valence-electron chi connectivity index (χ0n) is 18.3. The van der Waals surface area contributed by atoms with E-state index in [1.807, 2.05) is 37.3 Å². The van der Waals surface area contributed by atoms with Gasteiger partial charge in [0.25, 0.3) is 0 Å². The number of nitrogens with zero attached hydrogens (tertiary/aromatic N) is 2. The molecule has 168 valence electrons. The topological polar surface area (TPSA) is 74.6 Å². The molecule has 0 radical (unpaired) electrons. The van der Waals surface area contributed by atoms with Crippen LogP contribution in [0.4, 0.5) is 5.69 Å². The van der Waals surface area contributed by atoms with E-state index in [4.69, 9.17) is 25.8 Å². The van der Waals surface area contributed by atoms with Crippen molar-refractivity contribution in [3.63, 3.8) is 0 Å². The van der Waals surface area contributed by atoms with E-state index in [2.05, 4.69) is 10.4 Å². The molecule has 1 heterocycles. The number of carbonyl (C=O) groups excluding carboxylic acids is 1. The van der Waals surface area contributed by atoms with Crippen LogP contribution in [0.2, 0.25) is 5.15 Å². The lowest BCUT2D eigenvalue weighted by Gasteiger charge is -2.12. The summed E-state index contributed by atoms with van der Waals surface area (Å²) in [6.07, 6.45) is 3.10. The van der Waals surface area contributed by atoms with Crippen LogP contribution in [-0.4, -0.2) is 43.1 Å². The van der Waals surface area contributed by atoms with Crippen LogP contribution >= 0.6 is 11.6 Å². The predicted octanol–water partition coefficient (Wildman–Crippen LogP) is 4.58. The molecule has 0 saturated heterocycles. The molecular weight excluding hydrogens is 430 g/mol. The molecule has 1 N–H and O–H groups in total. The molecule has 0 saturated carbocycles. The maximum absolute atomic E-state index is 12.5. The number of carbonyl (C=O) groups is 1. The van der Waals surface area contributed by atoms with E-state index in [9.17, 15) is 4.79 Å². The fourth-order valence-corrected chi connectivity index (χ4v) is 3.36. The minimum absolute atomic E-state index is 0.302. The van der Waals surface area contributed by atoms with Crippen molar-refractivity contribution in [3.8, 4) is 11.5 Å². The Morgan fingerprint density at radius 3 is 2.62 bits per heavy atom. The first-order valence-corrected chi connectivity index (χ1v) is 10.4. The van der Waals surface area contributed by atoms with Gasteiger partial charge in [0.2, 0.25) is 5.91 Å². The molecule has 0 aliphatic heterocycles. The number of halogens is 1. The van der Waals surface area contributed by atoms with E-state index < -0.39 is 0 Å². The molecule has 32 heavy (non-hydrogen) atoms. The van der Waals surface area contributed by atoms with E-state index >= 15 is 0 Å². The minimum atomic E-state index is -0.302. The molecule has 1 aromatic heterocycles. The van der Waals surface area contributed by atoms with Crippen molar-refractivity contribution in [2.75, 3.05) is 32.8 Å². The number of amides is 1. The maximum Gasteiger partial charge on any atom is 0.248 e. The largest absolute Gasteiger partial charge is 0.493 e. The third kappa shape index (κ3) is 6.12. The van der Waals surface area contributed by atoms with Gasteiger partial charge in [-0.2, -0.15) is 5.10 Å². The number of aryl methyl sites for hydroxylation is 1. The first-order chi connectivity index (χ1) is 15.5. The van der Waals surface area contributed by atoms with Gasteiger partial charge in [-0.1, -0.05) is 41.9 Å². The molecule has 0 bridgehead atoms. The average Bonchev–Trinajstić information content (AvgIpc) is 3.05. The summed E-state index contributed by atoms with van der Waals surface area (Å²) < 4.78 is 17.7. The zero-order valence-corrected chi connectivity index (χ0v) is 19.1. The van der Waals surface area contributed by atoms with Gasteiger partial charge in [-0.15, -0.1) is 0 Å². The summed E-state index contributed by atoms with van der Waals surface area (Å²) in [5.41, 5.74) is 3.12. The molecule has 0 atom stereocenters. The Hall–Kier alpha value is -3.29. The summed E-state index contributed by atoms with van der Waals surface area (Å²) in [4.78, 5) is 12.5. The van der Waals surface area contributed by atoms with Gasteiger partial charge >= 0.3 is 0 Å². The zero-order chi connectivity index (χ0) is 22.9. The number of methoxy groups -OCH3 is 2. The van der Waals surface area contributed by atoms with Gasteiger partial charge in [-0.3, -0.25) is 4.79 Å². The Morgan fingerprint density at radius 1 is 1.12 bits per heavy atom. The third-order valence-electron chi connectivity index (χ3n) is 4.66. The lowest BCUT2D eigenvalue weighted by molar-refractivity contribution is -0.111. The van der Waals surface area contributed by atoms with E-state index in [1.165, 1.54) is 6.08 Å². The van der Waals surface area contributed by atoms with E-state index in [0.29, 0.717) is 47.7 Å². The lowest BCUT2D eigenvalue weighted by atomic mass is 10.2. The van der Waals surface area contributed by atoms with Gasteiger partial charge in [0, 0.05) is 30.5 Å². The van der Waals surface area contributed by atoms with Gasteiger partial charge in [0.05, 0.1) is 26.0 Å². The summed E-state index contributed by atoms with van der Waals surface area (Å²) in [5.74, 6) is 0.791. The molecule has 3 rings (SSSR count). The summed E-state index contributed by atoms with van der Waals surface area (Å²) in [5, 5.41) is 7.79. The number of ether oxygens (including phenoxy) is 3. The predicted molar refractivity (Wildman–Crippen MR) is 126 cm³/mol. The van der Waals surface area contributed by atoms with Crippen molar-refractivity contribution in [2.24, 2.45) is 0 Å². The van der Waals surface area contributed by atoms with Gasteiger partial charge in [-0.05, 0) is 30.7 Å². The van der Waals surface area contributed by atoms with Crippen LogP contribution in [0.5, 0.6) is 11.5 Å². The minimum Gasteiger partial charge on any atom is -0.493 e. The van der Waals surface area contributed by atoms with Crippen LogP contribution < -0.4 is 14.8 Å². The van der Waals surface area contributed by atoms with Gasteiger partial charge < -0.3 is 19.5 Å². The van der Waals surface area contributed by atoms with Crippen LogP contribution in [0.1, 0.15) is 16.8 Å². The SMILES string of the molecule is COCCOc1cc(NC(=O)/C=C/c2c(C)nn(Cc3ccccc3)c2Cl)ccc1OC. The van der Waals surface area contributed by atoms with Crippen molar-refractivity contribution in [2.45, 2.75) is 13.5 Å². The quantitative estimate of drug-likeness (QED) is 0.358. The summed E-state index contributed by atoms with van der Waals surface area (Å²) in [6.45, 7) is 3.23. The molecule has 7 nitrogen and oxygen atoms in total. The fraction of sp³-hybridized carbons (Fsp3) is 0.250. The van der Waals surface area contributed by atoms with Crippen molar-refractivity contribution in [1.29, 1.82) is 0 Å². The Balaban J connectivity index is 1.68. The molecule has 0 spiro atoms. The Morgan fingerprint density at radius 2 is 1.91 bits per heavy atom. The van der Waals surface area contributed by atoms with Crippen LogP contribution in [0.25, 0.3) is 6.08 Å². The molecule has 2 aromatic carbocycles. The lowest BCUT2D eigenvalue weighted by Crippen LogP contribution is -2.09. The van der Waals surface area contributed by atoms with Crippen LogP contribution in [-0.2, 0) is 16.1 Å². The van der Waals surface area contributed by atoms with Crippen LogP contribution in [0.15, 0.2) is 54.6 Å². The van der Waals surface area contributed by atoms with E-state index in [-0.39, 0.29) is 5.91 Å². The number of hydrogen-bond acceptors (Lipinski definition) is 5. The maximum atomic E-state index is 12.5. The van der Waals surface area contributed by atoms with Gasteiger partial charge in [-0.25, -0.2) is 4.68 Å². The van der Waals surface area contributed by atoms with E-state index in [1.54, 1.807) is 43.2 Å². The second kappa shape index (κ2) is 11.4. The molecule has 1 amide bonds. The highest BCUT2D eigenvalue weighted by Gasteiger charge is 2.12. The summed E-state index contributed by atoms with van der Waals surface area (Å²) >= 11 is 6.51. The third-order valence-corrected chi connectivity index (χ3v) is 5.06. The van der Waals surface area contributed by atoms with Crippen LogP contribution in [0, 0.1) is 6.92 Å². The van der Waals surface area contributed by atoms with E-state index in [0.717, 1.165) is 11.3 Å². The normalized spacial score (nSPS) is 11.0. The summed E-state index contributed by atoms with van der Waals surface area (Å²) in [6, 6.07) is 15.1. The van der Waals surface area contributed by atoms with Crippen molar-refractivity contribution in [1.82, 2.24) is 9.78 Å². The highest BCUT2D eigenvalue weighted by Crippen LogP contribution is 2.30. The first-order valence-electron chi connectivity index (χ1n) is 10.1. The molecule has 8 heteroatoms. The summed E-state index contributed by atoms with van der Waals surface area (Å²) in [7, 11) is 3.16. The van der Waals surface area contributed by atoms with Crippen molar-refractivity contribution >= 4 is 29.3 Å². The molecule has 3 aromatic rings. The average molecular weight is 456 g/mol. The molecule has 0 fully saturated rings. The van der Waals surface area contributed by atoms with Crippen LogP contribution in [0.3, 0.4) is 0 Å². The first kappa shape index (κ1) is 23.4. The molecule has 0 aliphatic rings. The molecule has 0 unspecified atom stereocenters.